The molecule has 0 radical (unpaired) electrons. The van der Waals surface area contributed by atoms with Gasteiger partial charge in [-0.05, 0) is 11.4 Å². The maximum absolute atomic E-state index is 11.7. The molecule has 0 unspecified atom stereocenters. The molecule has 1 heterocycles. The van der Waals surface area contributed by atoms with Crippen LogP contribution < -0.4 is 0 Å². The molecule has 76 valence electrons. The molecule has 0 saturated heterocycles. The molecule has 0 atom stereocenters. The second-order valence-corrected chi connectivity index (χ2v) is 3.32. The number of halogens is 3. The van der Waals surface area contributed by atoms with Crippen LogP contribution in [0.5, 0.6) is 0 Å². The zero-order valence-electron chi connectivity index (χ0n) is 6.71. The molecule has 0 saturated carbocycles. The molecule has 1 aromatic rings. The molecule has 0 aliphatic heterocycles. The molecule has 0 bridgehead atoms. The van der Waals surface area contributed by atoms with Crippen LogP contribution in [-0.4, -0.2) is 17.1 Å². The number of aliphatic hydroxyl groups excluding tert-OH is 1. The fraction of sp³-hybridized carbons (Fsp3) is 0.125. The Balaban J connectivity index is 2.85. The van der Waals surface area contributed by atoms with Crippen LogP contribution in [0.1, 0.15) is 4.88 Å². The first-order valence-electron chi connectivity index (χ1n) is 3.47. The van der Waals surface area contributed by atoms with Gasteiger partial charge in [0.2, 0.25) is 0 Å². The van der Waals surface area contributed by atoms with E-state index in [2.05, 4.69) is 0 Å². The van der Waals surface area contributed by atoms with Gasteiger partial charge in [-0.3, -0.25) is 4.79 Å². The Labute approximate surface area is 81.3 Å². The van der Waals surface area contributed by atoms with E-state index < -0.39 is 17.7 Å². The highest BCUT2D eigenvalue weighted by atomic mass is 32.1. The Morgan fingerprint density at radius 3 is 2.57 bits per heavy atom. The number of carbonyl (C=O) groups is 1. The summed E-state index contributed by atoms with van der Waals surface area (Å²) in [4.78, 5) is 10.6. The predicted octanol–water partition coefficient (Wildman–Crippen LogP) is 2.78. The average Bonchev–Trinajstić information content (AvgIpc) is 2.53. The summed E-state index contributed by atoms with van der Waals surface area (Å²) < 4.78 is 35.2. The van der Waals surface area contributed by atoms with Crippen LogP contribution in [0.25, 0.3) is 5.76 Å². The summed E-state index contributed by atoms with van der Waals surface area (Å²) in [5.74, 6) is -2.73. The summed E-state index contributed by atoms with van der Waals surface area (Å²) in [6.45, 7) is 0. The van der Waals surface area contributed by atoms with Crippen LogP contribution in [0.2, 0.25) is 0 Å². The van der Waals surface area contributed by atoms with Gasteiger partial charge in [0.1, 0.15) is 5.76 Å². The van der Waals surface area contributed by atoms with Crippen molar-refractivity contribution in [2.45, 2.75) is 6.18 Å². The largest absolute Gasteiger partial charge is 0.506 e. The normalized spacial score (nSPS) is 12.9. The number of rotatable bonds is 2. The Kier molecular flexibility index (Phi) is 2.95. The average molecular weight is 222 g/mol. The maximum atomic E-state index is 11.7. The molecule has 0 spiro atoms. The van der Waals surface area contributed by atoms with E-state index in [9.17, 15) is 18.0 Å². The highest BCUT2D eigenvalue weighted by molar-refractivity contribution is 7.11. The summed E-state index contributed by atoms with van der Waals surface area (Å²) in [5, 5.41) is 10.7. The number of carbonyl (C=O) groups excluding carboxylic acids is 1. The van der Waals surface area contributed by atoms with Gasteiger partial charge in [0.05, 0.1) is 4.88 Å². The number of ketones is 1. The van der Waals surface area contributed by atoms with Gasteiger partial charge in [-0.15, -0.1) is 11.3 Å². The van der Waals surface area contributed by atoms with Crippen molar-refractivity contribution in [1.82, 2.24) is 0 Å². The molecular formula is C8H5F3O2S. The fourth-order valence-electron chi connectivity index (χ4n) is 0.701. The Morgan fingerprint density at radius 1 is 1.50 bits per heavy atom. The molecule has 6 heteroatoms. The van der Waals surface area contributed by atoms with Gasteiger partial charge >= 0.3 is 6.18 Å². The van der Waals surface area contributed by atoms with Gasteiger partial charge in [-0.1, -0.05) is 6.07 Å². The number of hydrogen-bond donors (Lipinski definition) is 1. The smallest absolute Gasteiger partial charge is 0.454 e. The second kappa shape index (κ2) is 3.83. The maximum Gasteiger partial charge on any atom is 0.454 e. The van der Waals surface area contributed by atoms with Crippen molar-refractivity contribution < 1.29 is 23.1 Å². The third kappa shape index (κ3) is 2.59. The molecule has 0 aliphatic carbocycles. The lowest BCUT2D eigenvalue weighted by Crippen LogP contribution is -2.20. The minimum absolute atomic E-state index is 0.172. The standard InChI is InChI=1S/C8H5F3O2S/c9-8(10,11)7(13)4-5(12)6-2-1-3-14-6/h1-4,12H/b5-4-. The summed E-state index contributed by atoms with van der Waals surface area (Å²) >= 11 is 1.05. The van der Waals surface area contributed by atoms with E-state index in [4.69, 9.17) is 5.11 Å². The van der Waals surface area contributed by atoms with Crippen molar-refractivity contribution in [3.63, 3.8) is 0 Å². The Bertz CT molecular complexity index is 351. The molecule has 0 aromatic carbocycles. The van der Waals surface area contributed by atoms with E-state index in [1.54, 1.807) is 11.4 Å². The van der Waals surface area contributed by atoms with E-state index in [0.29, 0.717) is 0 Å². The second-order valence-electron chi connectivity index (χ2n) is 2.37. The molecule has 0 amide bonds. The molecule has 0 fully saturated rings. The Hall–Kier alpha value is -1.30. The number of allylic oxidation sites excluding steroid dienone is 1. The summed E-state index contributed by atoms with van der Waals surface area (Å²) in [6, 6.07) is 2.97. The lowest BCUT2D eigenvalue weighted by Gasteiger charge is -2.00. The molecule has 0 aliphatic rings. The van der Waals surface area contributed by atoms with Gasteiger partial charge in [-0.2, -0.15) is 13.2 Å². The van der Waals surface area contributed by atoms with Crippen molar-refractivity contribution >= 4 is 22.9 Å². The number of alkyl halides is 3. The molecular weight excluding hydrogens is 217 g/mol. The van der Waals surface area contributed by atoms with Crippen molar-refractivity contribution in [3.05, 3.63) is 28.5 Å². The van der Waals surface area contributed by atoms with Gasteiger partial charge in [0.25, 0.3) is 5.78 Å². The predicted molar refractivity (Wildman–Crippen MR) is 46.0 cm³/mol. The minimum atomic E-state index is -4.94. The lowest BCUT2D eigenvalue weighted by atomic mass is 10.3. The lowest BCUT2D eigenvalue weighted by molar-refractivity contribution is -0.165. The molecule has 1 aromatic heterocycles. The van der Waals surface area contributed by atoms with Crippen molar-refractivity contribution in [2.75, 3.05) is 0 Å². The quantitative estimate of drug-likeness (QED) is 0.617. The van der Waals surface area contributed by atoms with E-state index >= 15 is 0 Å². The number of hydrogen-bond acceptors (Lipinski definition) is 3. The molecule has 14 heavy (non-hydrogen) atoms. The SMILES string of the molecule is O=C(/C=C(\O)c1cccs1)C(F)(F)F. The zero-order chi connectivity index (χ0) is 10.8. The summed E-state index contributed by atoms with van der Waals surface area (Å²) in [5.41, 5.74) is 0. The highest BCUT2D eigenvalue weighted by Gasteiger charge is 2.37. The van der Waals surface area contributed by atoms with Crippen LogP contribution >= 0.6 is 11.3 Å². The van der Waals surface area contributed by atoms with Crippen LogP contribution in [0.3, 0.4) is 0 Å². The monoisotopic (exact) mass is 222 g/mol. The fourth-order valence-corrected chi connectivity index (χ4v) is 1.34. The van der Waals surface area contributed by atoms with Gasteiger partial charge in [-0.25, -0.2) is 0 Å². The zero-order valence-corrected chi connectivity index (χ0v) is 7.52. The third-order valence-electron chi connectivity index (χ3n) is 1.32. The van der Waals surface area contributed by atoms with Crippen LogP contribution in [0.15, 0.2) is 23.6 Å². The third-order valence-corrected chi connectivity index (χ3v) is 2.21. The van der Waals surface area contributed by atoms with Crippen molar-refractivity contribution in [3.8, 4) is 0 Å². The van der Waals surface area contributed by atoms with E-state index in [-0.39, 0.29) is 11.0 Å². The molecule has 2 nitrogen and oxygen atoms in total. The topological polar surface area (TPSA) is 37.3 Å². The van der Waals surface area contributed by atoms with Gasteiger partial charge in [0, 0.05) is 6.08 Å². The van der Waals surface area contributed by atoms with Crippen LogP contribution in [0, 0.1) is 0 Å². The van der Waals surface area contributed by atoms with Gasteiger partial charge < -0.3 is 5.11 Å². The number of aliphatic hydroxyl groups is 1. The molecule has 1 N–H and O–H groups in total. The van der Waals surface area contributed by atoms with Gasteiger partial charge in [0.15, 0.2) is 0 Å². The van der Waals surface area contributed by atoms with Crippen LogP contribution in [-0.2, 0) is 4.79 Å². The number of thiophene rings is 1. The first-order valence-corrected chi connectivity index (χ1v) is 4.35. The Morgan fingerprint density at radius 2 is 2.14 bits per heavy atom. The molecule has 1 rings (SSSR count). The summed E-state index contributed by atoms with van der Waals surface area (Å²) in [7, 11) is 0. The van der Waals surface area contributed by atoms with Crippen molar-refractivity contribution in [1.29, 1.82) is 0 Å². The van der Waals surface area contributed by atoms with E-state index in [0.717, 1.165) is 11.3 Å². The first-order chi connectivity index (χ1) is 6.41. The van der Waals surface area contributed by atoms with E-state index in [1.807, 2.05) is 0 Å². The van der Waals surface area contributed by atoms with Crippen LogP contribution in [0.4, 0.5) is 13.2 Å². The highest BCUT2D eigenvalue weighted by Crippen LogP contribution is 2.21. The first kappa shape index (κ1) is 10.8. The van der Waals surface area contributed by atoms with Crippen molar-refractivity contribution in [2.24, 2.45) is 0 Å². The minimum Gasteiger partial charge on any atom is -0.506 e. The summed E-state index contributed by atoms with van der Waals surface area (Å²) in [6.07, 6.45) is -4.77. The van der Waals surface area contributed by atoms with E-state index in [1.165, 1.54) is 6.07 Å².